The number of nitrogens with zero attached hydrogens (tertiary/aromatic N) is 1. The second-order valence-corrected chi connectivity index (χ2v) is 5.49. The molecule has 1 fully saturated rings. The Bertz CT molecular complexity index is 442. The zero-order chi connectivity index (χ0) is 14.4. The molecule has 1 N–H and O–H groups in total. The first-order valence-electron chi connectivity index (χ1n) is 7.30. The fourth-order valence-electron chi connectivity index (χ4n) is 2.43. The molecule has 0 aromatic heterocycles. The average Bonchev–Trinajstić information content (AvgIpc) is 2.93. The Hall–Kier alpha value is -1.55. The molecular weight excluding hydrogens is 252 g/mol. The maximum Gasteiger partial charge on any atom is 0.222 e. The number of likely N-dealkylation sites (N-methyl/N-ethyl adjacent to an activating group) is 1. The number of ether oxygens (including phenoxy) is 1. The van der Waals surface area contributed by atoms with Gasteiger partial charge in [0.2, 0.25) is 5.91 Å². The molecule has 20 heavy (non-hydrogen) atoms. The first-order chi connectivity index (χ1) is 9.66. The van der Waals surface area contributed by atoms with Crippen LogP contribution in [0.15, 0.2) is 24.3 Å². The lowest BCUT2D eigenvalue weighted by molar-refractivity contribution is -0.131. The van der Waals surface area contributed by atoms with Gasteiger partial charge >= 0.3 is 0 Å². The number of para-hydroxylation sites is 1. The molecule has 1 aromatic carbocycles. The predicted octanol–water partition coefficient (Wildman–Crippen LogP) is 1.83. The maximum atomic E-state index is 12.1. The highest BCUT2D eigenvalue weighted by Crippen LogP contribution is 2.16. The van der Waals surface area contributed by atoms with Gasteiger partial charge < -0.3 is 15.0 Å². The van der Waals surface area contributed by atoms with E-state index in [-0.39, 0.29) is 5.91 Å². The van der Waals surface area contributed by atoms with Crippen LogP contribution in [0.5, 0.6) is 5.75 Å². The molecule has 1 atom stereocenters. The van der Waals surface area contributed by atoms with Crippen LogP contribution in [0, 0.1) is 12.8 Å². The molecule has 0 bridgehead atoms. The Morgan fingerprint density at radius 3 is 2.95 bits per heavy atom. The molecular formula is C16H24N2O2. The molecule has 0 spiro atoms. The standard InChI is InChI=1S/C16H24N2O2/c1-13-5-3-4-6-15(13)20-10-9-18(2)16(19)11-14-7-8-17-12-14/h3-6,14,17H,7-12H2,1-2H3. The number of rotatable bonds is 6. The molecule has 4 nitrogen and oxygen atoms in total. The maximum absolute atomic E-state index is 12.1. The molecule has 1 amide bonds. The van der Waals surface area contributed by atoms with Gasteiger partial charge in [0.25, 0.3) is 0 Å². The Kier molecular flexibility index (Phi) is 5.41. The summed E-state index contributed by atoms with van der Waals surface area (Å²) in [4.78, 5) is 13.8. The van der Waals surface area contributed by atoms with E-state index in [0.717, 1.165) is 30.8 Å². The molecule has 1 aromatic rings. The van der Waals surface area contributed by atoms with Crippen molar-refractivity contribution >= 4 is 5.91 Å². The Morgan fingerprint density at radius 1 is 1.45 bits per heavy atom. The Morgan fingerprint density at radius 2 is 2.25 bits per heavy atom. The summed E-state index contributed by atoms with van der Waals surface area (Å²) in [5.74, 6) is 1.61. The van der Waals surface area contributed by atoms with Crippen molar-refractivity contribution in [3.05, 3.63) is 29.8 Å². The highest BCUT2D eigenvalue weighted by molar-refractivity contribution is 5.76. The fourth-order valence-corrected chi connectivity index (χ4v) is 2.43. The summed E-state index contributed by atoms with van der Waals surface area (Å²) >= 11 is 0. The van der Waals surface area contributed by atoms with Gasteiger partial charge in [0.05, 0.1) is 6.54 Å². The van der Waals surface area contributed by atoms with Gasteiger partial charge in [0.15, 0.2) is 0 Å². The normalized spacial score (nSPS) is 18.0. The van der Waals surface area contributed by atoms with Crippen molar-refractivity contribution < 1.29 is 9.53 Å². The lowest BCUT2D eigenvalue weighted by Gasteiger charge is -2.19. The van der Waals surface area contributed by atoms with E-state index in [9.17, 15) is 4.79 Å². The minimum atomic E-state index is 0.215. The summed E-state index contributed by atoms with van der Waals surface area (Å²) in [6, 6.07) is 7.94. The van der Waals surface area contributed by atoms with Gasteiger partial charge in [-0.2, -0.15) is 0 Å². The number of hydrogen-bond donors (Lipinski definition) is 1. The van der Waals surface area contributed by atoms with Crippen LogP contribution in [-0.2, 0) is 4.79 Å². The summed E-state index contributed by atoms with van der Waals surface area (Å²) in [5.41, 5.74) is 1.12. The summed E-state index contributed by atoms with van der Waals surface area (Å²) in [6.45, 7) is 5.21. The van der Waals surface area contributed by atoms with Crippen molar-refractivity contribution in [2.75, 3.05) is 33.3 Å². The summed E-state index contributed by atoms with van der Waals surface area (Å²) < 4.78 is 5.72. The highest BCUT2D eigenvalue weighted by atomic mass is 16.5. The second-order valence-electron chi connectivity index (χ2n) is 5.49. The smallest absolute Gasteiger partial charge is 0.222 e. The number of carbonyl (C=O) groups excluding carboxylic acids is 1. The van der Waals surface area contributed by atoms with Crippen LogP contribution in [0.25, 0.3) is 0 Å². The molecule has 1 aliphatic rings. The van der Waals surface area contributed by atoms with Crippen molar-refractivity contribution in [1.29, 1.82) is 0 Å². The van der Waals surface area contributed by atoms with Crippen molar-refractivity contribution in [1.82, 2.24) is 10.2 Å². The van der Waals surface area contributed by atoms with Gasteiger partial charge in [-0.15, -0.1) is 0 Å². The van der Waals surface area contributed by atoms with E-state index in [4.69, 9.17) is 4.74 Å². The van der Waals surface area contributed by atoms with Gasteiger partial charge in [0.1, 0.15) is 12.4 Å². The van der Waals surface area contributed by atoms with Crippen molar-refractivity contribution in [3.8, 4) is 5.75 Å². The lowest BCUT2D eigenvalue weighted by Crippen LogP contribution is -2.32. The van der Waals surface area contributed by atoms with Gasteiger partial charge in [0, 0.05) is 13.5 Å². The third kappa shape index (κ3) is 4.23. The molecule has 1 saturated heterocycles. The van der Waals surface area contributed by atoms with Crippen LogP contribution in [0.3, 0.4) is 0 Å². The average molecular weight is 276 g/mol. The van der Waals surface area contributed by atoms with E-state index in [1.807, 2.05) is 38.2 Å². The van der Waals surface area contributed by atoms with E-state index >= 15 is 0 Å². The summed E-state index contributed by atoms with van der Waals surface area (Å²) in [6.07, 6.45) is 1.76. The SMILES string of the molecule is Cc1ccccc1OCCN(C)C(=O)CC1CCNC1. The number of aryl methyl sites for hydroxylation is 1. The number of amides is 1. The van der Waals surface area contributed by atoms with E-state index < -0.39 is 0 Å². The molecule has 1 unspecified atom stereocenters. The third-order valence-corrected chi connectivity index (χ3v) is 3.83. The molecule has 0 radical (unpaired) electrons. The summed E-state index contributed by atoms with van der Waals surface area (Å²) in [7, 11) is 1.85. The number of nitrogens with one attached hydrogen (secondary N) is 1. The molecule has 1 heterocycles. The first kappa shape index (κ1) is 14.9. The molecule has 4 heteroatoms. The fraction of sp³-hybridized carbons (Fsp3) is 0.562. The minimum Gasteiger partial charge on any atom is -0.491 e. The molecule has 0 saturated carbocycles. The predicted molar refractivity (Wildman–Crippen MR) is 79.9 cm³/mol. The molecule has 110 valence electrons. The second kappa shape index (κ2) is 7.29. The Labute approximate surface area is 121 Å². The van der Waals surface area contributed by atoms with E-state index in [1.54, 1.807) is 4.90 Å². The number of hydrogen-bond acceptors (Lipinski definition) is 3. The van der Waals surface area contributed by atoms with Crippen LogP contribution in [0.1, 0.15) is 18.4 Å². The van der Waals surface area contributed by atoms with Crippen LogP contribution < -0.4 is 10.1 Å². The van der Waals surface area contributed by atoms with Gasteiger partial charge in [-0.3, -0.25) is 4.79 Å². The van der Waals surface area contributed by atoms with Crippen LogP contribution in [0.4, 0.5) is 0 Å². The zero-order valence-electron chi connectivity index (χ0n) is 12.4. The minimum absolute atomic E-state index is 0.215. The van der Waals surface area contributed by atoms with Crippen LogP contribution in [-0.4, -0.2) is 44.1 Å². The molecule has 0 aliphatic carbocycles. The first-order valence-corrected chi connectivity index (χ1v) is 7.30. The van der Waals surface area contributed by atoms with Crippen LogP contribution >= 0.6 is 0 Å². The van der Waals surface area contributed by atoms with Gasteiger partial charge in [-0.1, -0.05) is 18.2 Å². The third-order valence-electron chi connectivity index (χ3n) is 3.83. The van der Waals surface area contributed by atoms with E-state index in [0.29, 0.717) is 25.5 Å². The summed E-state index contributed by atoms with van der Waals surface area (Å²) in [5, 5.41) is 3.29. The van der Waals surface area contributed by atoms with E-state index in [2.05, 4.69) is 5.32 Å². The largest absolute Gasteiger partial charge is 0.491 e. The van der Waals surface area contributed by atoms with Crippen molar-refractivity contribution in [2.45, 2.75) is 19.8 Å². The topological polar surface area (TPSA) is 41.6 Å². The molecule has 2 rings (SSSR count). The quantitative estimate of drug-likeness (QED) is 0.862. The number of benzene rings is 1. The van der Waals surface area contributed by atoms with Crippen molar-refractivity contribution in [3.63, 3.8) is 0 Å². The number of carbonyl (C=O) groups is 1. The monoisotopic (exact) mass is 276 g/mol. The molecule has 1 aliphatic heterocycles. The highest BCUT2D eigenvalue weighted by Gasteiger charge is 2.20. The van der Waals surface area contributed by atoms with Crippen molar-refractivity contribution in [2.24, 2.45) is 5.92 Å². The Balaban J connectivity index is 1.70. The van der Waals surface area contributed by atoms with Gasteiger partial charge in [-0.05, 0) is 44.0 Å². The lowest BCUT2D eigenvalue weighted by atomic mass is 10.0. The van der Waals surface area contributed by atoms with Gasteiger partial charge in [-0.25, -0.2) is 0 Å². The van der Waals surface area contributed by atoms with Crippen LogP contribution in [0.2, 0.25) is 0 Å². The zero-order valence-corrected chi connectivity index (χ0v) is 12.4. The van der Waals surface area contributed by atoms with E-state index in [1.165, 1.54) is 0 Å².